The van der Waals surface area contributed by atoms with E-state index in [4.69, 9.17) is 9.47 Å². The van der Waals surface area contributed by atoms with Gasteiger partial charge in [0, 0.05) is 44.0 Å². The molecule has 1 saturated heterocycles. The van der Waals surface area contributed by atoms with Crippen molar-refractivity contribution < 1.29 is 19.1 Å². The Balaban J connectivity index is 2.16. The van der Waals surface area contributed by atoms with E-state index in [-0.39, 0.29) is 24.6 Å². The molecule has 0 aromatic rings. The fourth-order valence-corrected chi connectivity index (χ4v) is 6.54. The van der Waals surface area contributed by atoms with Gasteiger partial charge in [0.1, 0.15) is 12.7 Å². The second-order valence-electron chi connectivity index (χ2n) is 12.3. The van der Waals surface area contributed by atoms with Crippen molar-refractivity contribution >= 4 is 23.7 Å². The van der Waals surface area contributed by atoms with Crippen molar-refractivity contribution in [2.24, 2.45) is 0 Å². The predicted molar refractivity (Wildman–Crippen MR) is 177 cm³/mol. The Labute approximate surface area is 259 Å². The standard InChI is InChI=1S/C35H67NO4S/c1-3-5-7-9-11-13-15-17-19-21-23-25-34(37)39-32-33(31-36-27-29-41-30-28-36)40-35(38)26-24-22-20-18-16-14-12-10-8-6-4-2/h33H,3-32H2,1-2H3. The molecule has 5 nitrogen and oxygen atoms in total. The van der Waals surface area contributed by atoms with Gasteiger partial charge in [0.05, 0.1) is 0 Å². The molecular weight excluding hydrogens is 530 g/mol. The third-order valence-electron chi connectivity index (χ3n) is 8.26. The van der Waals surface area contributed by atoms with Gasteiger partial charge in [-0.05, 0) is 12.8 Å². The summed E-state index contributed by atoms with van der Waals surface area (Å²) in [5, 5.41) is 0. The smallest absolute Gasteiger partial charge is 0.306 e. The molecule has 0 amide bonds. The van der Waals surface area contributed by atoms with Crippen LogP contribution in [0.2, 0.25) is 0 Å². The monoisotopic (exact) mass is 597 g/mol. The summed E-state index contributed by atoms with van der Waals surface area (Å²) < 4.78 is 11.4. The summed E-state index contributed by atoms with van der Waals surface area (Å²) >= 11 is 1.97. The second-order valence-corrected chi connectivity index (χ2v) is 13.5. The summed E-state index contributed by atoms with van der Waals surface area (Å²) in [6.07, 6.45) is 28.4. The molecule has 1 rings (SSSR count). The molecule has 6 heteroatoms. The Morgan fingerprint density at radius 2 is 0.976 bits per heavy atom. The Morgan fingerprint density at radius 1 is 0.585 bits per heavy atom. The fraction of sp³-hybridized carbons (Fsp3) is 0.943. The lowest BCUT2D eigenvalue weighted by Gasteiger charge is -2.29. The number of nitrogens with zero attached hydrogens (tertiary/aromatic N) is 1. The molecule has 1 unspecified atom stereocenters. The SMILES string of the molecule is CCCCCCCCCCCCCC(=O)OCC(CN1CCSCC1)OC(=O)CCCCCCCCCCCCC. The Hall–Kier alpha value is -0.750. The summed E-state index contributed by atoms with van der Waals surface area (Å²) in [7, 11) is 0. The molecule has 1 heterocycles. The predicted octanol–water partition coefficient (Wildman–Crippen LogP) is 9.89. The Morgan fingerprint density at radius 3 is 1.41 bits per heavy atom. The van der Waals surface area contributed by atoms with Crippen LogP contribution in [0.3, 0.4) is 0 Å². The Bertz CT molecular complexity index is 597. The topological polar surface area (TPSA) is 55.8 Å². The molecule has 242 valence electrons. The van der Waals surface area contributed by atoms with Crippen LogP contribution in [-0.2, 0) is 19.1 Å². The summed E-state index contributed by atoms with van der Waals surface area (Å²) in [4.78, 5) is 27.3. The zero-order valence-electron chi connectivity index (χ0n) is 27.3. The van der Waals surface area contributed by atoms with E-state index < -0.39 is 0 Å². The van der Waals surface area contributed by atoms with Crippen molar-refractivity contribution in [3.05, 3.63) is 0 Å². The van der Waals surface area contributed by atoms with E-state index in [0.29, 0.717) is 19.4 Å². The summed E-state index contributed by atoms with van der Waals surface area (Å²) in [5.74, 6) is 1.93. The van der Waals surface area contributed by atoms with Crippen molar-refractivity contribution in [2.45, 2.75) is 174 Å². The van der Waals surface area contributed by atoms with E-state index in [2.05, 4.69) is 18.7 Å². The van der Waals surface area contributed by atoms with Crippen LogP contribution in [0.15, 0.2) is 0 Å². The van der Waals surface area contributed by atoms with Gasteiger partial charge in [-0.25, -0.2) is 0 Å². The van der Waals surface area contributed by atoms with Crippen molar-refractivity contribution in [1.29, 1.82) is 0 Å². The first-order valence-corrected chi connectivity index (χ1v) is 19.0. The van der Waals surface area contributed by atoms with E-state index in [1.807, 2.05) is 11.8 Å². The minimum atomic E-state index is -0.361. The maximum absolute atomic E-state index is 12.6. The minimum absolute atomic E-state index is 0.140. The van der Waals surface area contributed by atoms with E-state index in [0.717, 1.165) is 50.3 Å². The lowest BCUT2D eigenvalue weighted by atomic mass is 10.1. The van der Waals surface area contributed by atoms with Crippen LogP contribution in [-0.4, -0.2) is 60.7 Å². The molecule has 0 saturated carbocycles. The van der Waals surface area contributed by atoms with Crippen molar-refractivity contribution in [1.82, 2.24) is 4.90 Å². The van der Waals surface area contributed by atoms with Gasteiger partial charge in [-0.1, -0.05) is 142 Å². The lowest BCUT2D eigenvalue weighted by molar-refractivity contribution is -0.160. The summed E-state index contributed by atoms with van der Waals surface area (Å²) in [6.45, 7) is 7.38. The molecule has 1 aliphatic rings. The average Bonchev–Trinajstić information content (AvgIpc) is 2.98. The number of ether oxygens (including phenoxy) is 2. The highest BCUT2D eigenvalue weighted by atomic mass is 32.2. The number of rotatable bonds is 29. The van der Waals surface area contributed by atoms with Crippen molar-refractivity contribution in [2.75, 3.05) is 37.7 Å². The van der Waals surface area contributed by atoms with Crippen LogP contribution in [0, 0.1) is 0 Å². The number of hydrogen-bond donors (Lipinski definition) is 0. The summed E-state index contributed by atoms with van der Waals surface area (Å²) in [6, 6.07) is 0. The van der Waals surface area contributed by atoms with Crippen LogP contribution in [0.5, 0.6) is 0 Å². The molecule has 1 fully saturated rings. The summed E-state index contributed by atoms with van der Waals surface area (Å²) in [5.41, 5.74) is 0. The molecule has 41 heavy (non-hydrogen) atoms. The first-order chi connectivity index (χ1) is 20.2. The quantitative estimate of drug-likeness (QED) is 0.0632. The lowest BCUT2D eigenvalue weighted by Crippen LogP contribution is -2.42. The molecule has 0 spiro atoms. The fourth-order valence-electron chi connectivity index (χ4n) is 5.57. The van der Waals surface area contributed by atoms with Gasteiger partial charge in [0.15, 0.2) is 0 Å². The van der Waals surface area contributed by atoms with Gasteiger partial charge < -0.3 is 9.47 Å². The Kier molecular flexibility index (Phi) is 27.4. The number of esters is 2. The molecule has 0 N–H and O–H groups in total. The average molecular weight is 598 g/mol. The molecule has 1 atom stereocenters. The van der Waals surface area contributed by atoms with Crippen molar-refractivity contribution in [3.8, 4) is 0 Å². The first kappa shape index (κ1) is 38.3. The highest BCUT2D eigenvalue weighted by Crippen LogP contribution is 2.15. The largest absolute Gasteiger partial charge is 0.462 e. The molecule has 0 radical (unpaired) electrons. The normalized spacial score (nSPS) is 14.7. The number of unbranched alkanes of at least 4 members (excludes halogenated alkanes) is 20. The van der Waals surface area contributed by atoms with Gasteiger partial charge in [-0.3, -0.25) is 14.5 Å². The van der Waals surface area contributed by atoms with Crippen LogP contribution < -0.4 is 0 Å². The van der Waals surface area contributed by atoms with Gasteiger partial charge in [-0.2, -0.15) is 11.8 Å². The molecule has 0 aliphatic carbocycles. The third kappa shape index (κ3) is 25.5. The molecule has 0 bridgehead atoms. The highest BCUT2D eigenvalue weighted by molar-refractivity contribution is 7.99. The van der Waals surface area contributed by atoms with E-state index >= 15 is 0 Å². The van der Waals surface area contributed by atoms with Crippen LogP contribution in [0.25, 0.3) is 0 Å². The highest BCUT2D eigenvalue weighted by Gasteiger charge is 2.22. The van der Waals surface area contributed by atoms with Crippen LogP contribution in [0.1, 0.15) is 168 Å². The van der Waals surface area contributed by atoms with E-state index in [1.54, 1.807) is 0 Å². The van der Waals surface area contributed by atoms with Gasteiger partial charge >= 0.3 is 11.9 Å². The first-order valence-electron chi connectivity index (χ1n) is 17.8. The van der Waals surface area contributed by atoms with Gasteiger partial charge in [0.25, 0.3) is 0 Å². The number of thioether (sulfide) groups is 1. The molecule has 0 aromatic carbocycles. The number of carbonyl (C=O) groups excluding carboxylic acids is 2. The number of carbonyl (C=O) groups is 2. The van der Waals surface area contributed by atoms with E-state index in [9.17, 15) is 9.59 Å². The maximum atomic E-state index is 12.6. The maximum Gasteiger partial charge on any atom is 0.306 e. The van der Waals surface area contributed by atoms with Crippen molar-refractivity contribution in [3.63, 3.8) is 0 Å². The number of hydrogen-bond acceptors (Lipinski definition) is 6. The second kappa shape index (κ2) is 29.3. The van der Waals surface area contributed by atoms with Crippen LogP contribution in [0.4, 0.5) is 0 Å². The zero-order chi connectivity index (χ0) is 29.6. The molecular formula is C35H67NO4S. The molecule has 1 aliphatic heterocycles. The van der Waals surface area contributed by atoms with Crippen LogP contribution >= 0.6 is 11.8 Å². The zero-order valence-corrected chi connectivity index (χ0v) is 28.1. The van der Waals surface area contributed by atoms with Gasteiger partial charge in [-0.15, -0.1) is 0 Å². The molecule has 0 aromatic heterocycles. The third-order valence-corrected chi connectivity index (χ3v) is 9.21. The van der Waals surface area contributed by atoms with E-state index in [1.165, 1.54) is 116 Å². The van der Waals surface area contributed by atoms with Gasteiger partial charge in [0.2, 0.25) is 0 Å². The minimum Gasteiger partial charge on any atom is -0.462 e.